The van der Waals surface area contributed by atoms with Gasteiger partial charge in [0.05, 0.1) is 17.7 Å². The first kappa shape index (κ1) is 14.5. The molecule has 22 heavy (non-hydrogen) atoms. The number of hydrogen-bond acceptors (Lipinski definition) is 4. The second kappa shape index (κ2) is 6.56. The molecule has 1 N–H and O–H groups in total. The van der Waals surface area contributed by atoms with Gasteiger partial charge in [-0.25, -0.2) is 0 Å². The summed E-state index contributed by atoms with van der Waals surface area (Å²) < 4.78 is 0. The van der Waals surface area contributed by atoms with E-state index in [1.807, 2.05) is 34.3 Å². The highest BCUT2D eigenvalue weighted by molar-refractivity contribution is 7.10. The van der Waals surface area contributed by atoms with E-state index in [2.05, 4.69) is 11.4 Å². The van der Waals surface area contributed by atoms with Gasteiger partial charge in [-0.05, 0) is 52.0 Å². The number of nitrogens with one attached hydrogen (secondary N) is 1. The van der Waals surface area contributed by atoms with Crippen LogP contribution in [0.15, 0.2) is 58.6 Å². The Labute approximate surface area is 136 Å². The third-order valence-corrected chi connectivity index (χ3v) is 4.87. The summed E-state index contributed by atoms with van der Waals surface area (Å²) in [6.45, 7) is 0. The Hall–Kier alpha value is -2.42. The maximum Gasteiger partial charge on any atom is 0.252 e. The zero-order valence-electron chi connectivity index (χ0n) is 11.5. The first-order valence-electron chi connectivity index (χ1n) is 6.64. The molecule has 0 saturated carbocycles. The summed E-state index contributed by atoms with van der Waals surface area (Å²) in [6, 6.07) is 14.6. The molecule has 0 aliphatic rings. The van der Waals surface area contributed by atoms with Crippen LogP contribution in [0.25, 0.3) is 0 Å². The van der Waals surface area contributed by atoms with E-state index >= 15 is 0 Å². The number of hydrogen-bond donors (Lipinski definition) is 1. The van der Waals surface area contributed by atoms with Crippen LogP contribution < -0.4 is 5.32 Å². The summed E-state index contributed by atoms with van der Waals surface area (Å²) in [4.78, 5) is 13.6. The maximum absolute atomic E-state index is 12.5. The van der Waals surface area contributed by atoms with Crippen molar-refractivity contribution in [3.05, 3.63) is 80.2 Å². The molecule has 2 aromatic heterocycles. The van der Waals surface area contributed by atoms with Gasteiger partial charge in [-0.2, -0.15) is 16.6 Å². The number of thiophene rings is 2. The number of rotatable bonds is 4. The van der Waals surface area contributed by atoms with Crippen molar-refractivity contribution < 1.29 is 4.79 Å². The minimum absolute atomic E-state index is 0.163. The van der Waals surface area contributed by atoms with Gasteiger partial charge in [0.2, 0.25) is 0 Å². The van der Waals surface area contributed by atoms with Gasteiger partial charge in [-0.15, -0.1) is 11.3 Å². The van der Waals surface area contributed by atoms with Crippen LogP contribution >= 0.6 is 22.7 Å². The van der Waals surface area contributed by atoms with Gasteiger partial charge < -0.3 is 5.32 Å². The van der Waals surface area contributed by atoms with E-state index in [9.17, 15) is 4.79 Å². The lowest BCUT2D eigenvalue weighted by Crippen LogP contribution is -2.28. The highest BCUT2D eigenvalue weighted by atomic mass is 32.1. The molecule has 1 atom stereocenters. The Morgan fingerprint density at radius 2 is 2.09 bits per heavy atom. The van der Waals surface area contributed by atoms with E-state index in [0.29, 0.717) is 11.1 Å². The Balaban J connectivity index is 1.88. The third-order valence-electron chi connectivity index (χ3n) is 3.23. The number of nitriles is 1. The van der Waals surface area contributed by atoms with Crippen LogP contribution in [0.3, 0.4) is 0 Å². The van der Waals surface area contributed by atoms with Crippen molar-refractivity contribution in [3.63, 3.8) is 0 Å². The summed E-state index contributed by atoms with van der Waals surface area (Å²) in [5.74, 6) is -0.179. The highest BCUT2D eigenvalue weighted by Crippen LogP contribution is 2.27. The van der Waals surface area contributed by atoms with Crippen molar-refractivity contribution in [2.24, 2.45) is 0 Å². The fourth-order valence-corrected chi connectivity index (χ4v) is 3.65. The molecular formula is C17H12N2OS2. The average Bonchev–Trinajstić information content (AvgIpc) is 3.26. The Kier molecular flexibility index (Phi) is 4.33. The van der Waals surface area contributed by atoms with Crippen molar-refractivity contribution in [2.45, 2.75) is 6.04 Å². The van der Waals surface area contributed by atoms with Crippen molar-refractivity contribution in [1.29, 1.82) is 5.26 Å². The Bertz CT molecular complexity index is 767. The second-order valence-electron chi connectivity index (χ2n) is 4.67. The zero-order valence-corrected chi connectivity index (χ0v) is 13.2. The van der Waals surface area contributed by atoms with E-state index < -0.39 is 0 Å². The van der Waals surface area contributed by atoms with E-state index in [4.69, 9.17) is 5.26 Å². The second-order valence-corrected chi connectivity index (χ2v) is 6.43. The minimum Gasteiger partial charge on any atom is -0.340 e. The molecule has 108 valence electrons. The van der Waals surface area contributed by atoms with Crippen molar-refractivity contribution >= 4 is 28.6 Å². The largest absolute Gasteiger partial charge is 0.340 e. The van der Waals surface area contributed by atoms with Crippen LogP contribution in [-0.2, 0) is 0 Å². The number of benzene rings is 1. The zero-order chi connectivity index (χ0) is 15.4. The van der Waals surface area contributed by atoms with Gasteiger partial charge in [0.1, 0.15) is 0 Å². The minimum atomic E-state index is -0.179. The van der Waals surface area contributed by atoms with Gasteiger partial charge in [0.25, 0.3) is 5.91 Å². The molecular weight excluding hydrogens is 312 g/mol. The topological polar surface area (TPSA) is 52.9 Å². The molecule has 0 radical (unpaired) electrons. The monoisotopic (exact) mass is 324 g/mol. The third kappa shape index (κ3) is 3.08. The highest BCUT2D eigenvalue weighted by Gasteiger charge is 2.19. The molecule has 0 aliphatic heterocycles. The maximum atomic E-state index is 12.5. The Morgan fingerprint density at radius 1 is 1.18 bits per heavy atom. The van der Waals surface area contributed by atoms with Crippen LogP contribution in [0.5, 0.6) is 0 Å². The molecule has 3 aromatic rings. The fourth-order valence-electron chi connectivity index (χ4n) is 2.16. The van der Waals surface area contributed by atoms with Gasteiger partial charge in [-0.1, -0.05) is 12.1 Å². The smallest absolute Gasteiger partial charge is 0.252 e. The van der Waals surface area contributed by atoms with Crippen LogP contribution in [0, 0.1) is 11.3 Å². The van der Waals surface area contributed by atoms with Gasteiger partial charge in [0, 0.05) is 10.4 Å². The molecule has 0 spiro atoms. The normalized spacial score (nSPS) is 11.6. The Morgan fingerprint density at radius 3 is 2.77 bits per heavy atom. The standard InChI is InChI=1S/C17H12N2OS2/c18-10-12-3-1-4-13(9-12)17(20)19-16(14-6-8-21-11-14)15-5-2-7-22-15/h1-9,11,16H,(H,19,20)/t16-/m1/s1. The lowest BCUT2D eigenvalue weighted by Gasteiger charge is -2.16. The molecule has 0 aliphatic carbocycles. The van der Waals surface area contributed by atoms with Crippen molar-refractivity contribution in [1.82, 2.24) is 5.32 Å². The van der Waals surface area contributed by atoms with Crippen molar-refractivity contribution in [3.8, 4) is 6.07 Å². The van der Waals surface area contributed by atoms with E-state index in [0.717, 1.165) is 10.4 Å². The summed E-state index contributed by atoms with van der Waals surface area (Å²) in [7, 11) is 0. The molecule has 5 heteroatoms. The molecule has 3 rings (SSSR count). The lowest BCUT2D eigenvalue weighted by atomic mass is 10.1. The van der Waals surface area contributed by atoms with Crippen molar-refractivity contribution in [2.75, 3.05) is 0 Å². The summed E-state index contributed by atoms with van der Waals surface area (Å²) in [5.41, 5.74) is 2.05. The molecule has 1 aromatic carbocycles. The lowest BCUT2D eigenvalue weighted by molar-refractivity contribution is 0.0943. The predicted octanol–water partition coefficient (Wildman–Crippen LogP) is 4.20. The molecule has 3 nitrogen and oxygen atoms in total. The molecule has 1 amide bonds. The van der Waals surface area contributed by atoms with Crippen LogP contribution in [0.2, 0.25) is 0 Å². The summed E-state index contributed by atoms with van der Waals surface area (Å²) in [5, 5.41) is 18.0. The van der Waals surface area contributed by atoms with Crippen LogP contribution in [0.4, 0.5) is 0 Å². The first-order valence-corrected chi connectivity index (χ1v) is 8.46. The van der Waals surface area contributed by atoms with Gasteiger partial charge in [0.15, 0.2) is 0 Å². The number of amides is 1. The molecule has 2 heterocycles. The van der Waals surface area contributed by atoms with Gasteiger partial charge >= 0.3 is 0 Å². The summed E-state index contributed by atoms with van der Waals surface area (Å²) >= 11 is 3.22. The van der Waals surface area contributed by atoms with E-state index in [1.54, 1.807) is 46.9 Å². The quantitative estimate of drug-likeness (QED) is 0.782. The number of nitrogens with zero attached hydrogens (tertiary/aromatic N) is 1. The number of carbonyl (C=O) groups is 1. The molecule has 0 unspecified atom stereocenters. The molecule has 0 bridgehead atoms. The SMILES string of the molecule is N#Cc1cccc(C(=O)N[C@H](c2ccsc2)c2cccs2)c1. The predicted molar refractivity (Wildman–Crippen MR) is 89.1 cm³/mol. The molecule has 0 fully saturated rings. The van der Waals surface area contributed by atoms with E-state index in [1.165, 1.54) is 0 Å². The number of carbonyl (C=O) groups excluding carboxylic acids is 1. The average molecular weight is 324 g/mol. The van der Waals surface area contributed by atoms with Gasteiger partial charge in [-0.3, -0.25) is 4.79 Å². The van der Waals surface area contributed by atoms with E-state index in [-0.39, 0.29) is 11.9 Å². The van der Waals surface area contributed by atoms with Crippen LogP contribution in [0.1, 0.15) is 32.4 Å². The molecule has 0 saturated heterocycles. The first-order chi connectivity index (χ1) is 10.8. The summed E-state index contributed by atoms with van der Waals surface area (Å²) in [6.07, 6.45) is 0. The fraction of sp³-hybridized carbons (Fsp3) is 0.0588. The van der Waals surface area contributed by atoms with Crippen LogP contribution in [-0.4, -0.2) is 5.91 Å².